The number of benzene rings is 2. The lowest BCUT2D eigenvalue weighted by Gasteiger charge is -2.29. The number of rotatable bonds is 7. The van der Waals surface area contributed by atoms with Crippen molar-refractivity contribution < 1.29 is 14.3 Å². The highest BCUT2D eigenvalue weighted by Crippen LogP contribution is 2.31. The van der Waals surface area contributed by atoms with Crippen molar-refractivity contribution in [3.8, 4) is 5.75 Å². The molecule has 1 heterocycles. The lowest BCUT2D eigenvalue weighted by Crippen LogP contribution is -2.30. The number of nitrogens with zero attached hydrogens (tertiary/aromatic N) is 1. The summed E-state index contributed by atoms with van der Waals surface area (Å²) < 4.78 is 5.35. The molecule has 0 aromatic heterocycles. The van der Waals surface area contributed by atoms with Crippen LogP contribution in [-0.2, 0) is 6.42 Å². The maximum absolute atomic E-state index is 12.9. The monoisotopic (exact) mass is 410 g/mol. The van der Waals surface area contributed by atoms with Crippen molar-refractivity contribution in [3.05, 3.63) is 64.7 Å². The van der Waals surface area contributed by atoms with Gasteiger partial charge in [0.05, 0.1) is 24.8 Å². The number of amides is 1. The molecule has 152 valence electrons. The van der Waals surface area contributed by atoms with Gasteiger partial charge in [0.15, 0.2) is 5.78 Å². The second-order valence-corrected chi connectivity index (χ2v) is 8.17. The Morgan fingerprint density at radius 2 is 1.83 bits per heavy atom. The fourth-order valence-corrected chi connectivity index (χ4v) is 3.62. The number of thiol groups is 1. The van der Waals surface area contributed by atoms with Gasteiger partial charge in [0.1, 0.15) is 5.75 Å². The Labute approximate surface area is 177 Å². The van der Waals surface area contributed by atoms with E-state index >= 15 is 0 Å². The topological polar surface area (TPSA) is 67.8 Å². The van der Waals surface area contributed by atoms with Gasteiger partial charge < -0.3 is 10.1 Å². The lowest BCUT2D eigenvalue weighted by atomic mass is 9.85. The molecule has 2 aromatic carbocycles. The Bertz CT molecular complexity index is 949. The molecule has 0 atom stereocenters. The van der Waals surface area contributed by atoms with Crippen LogP contribution in [0.3, 0.4) is 0 Å². The number of ether oxygens (including phenoxy) is 1. The molecule has 0 saturated heterocycles. The summed E-state index contributed by atoms with van der Waals surface area (Å²) >= 11 is 4.08. The molecule has 0 aliphatic carbocycles. The van der Waals surface area contributed by atoms with Gasteiger partial charge in [-0.05, 0) is 50.1 Å². The first-order valence-electron chi connectivity index (χ1n) is 9.61. The molecule has 0 saturated carbocycles. The fraction of sp³-hybridized carbons (Fsp3) is 0.348. The predicted molar refractivity (Wildman–Crippen MR) is 119 cm³/mol. The molecule has 0 fully saturated rings. The Hall–Kier alpha value is -2.60. The minimum Gasteiger partial charge on any atom is -0.497 e. The molecule has 1 N–H and O–H groups in total. The van der Waals surface area contributed by atoms with Crippen LogP contribution in [0.4, 0.5) is 0 Å². The van der Waals surface area contributed by atoms with E-state index in [0.717, 1.165) is 23.4 Å². The van der Waals surface area contributed by atoms with E-state index in [1.165, 1.54) is 5.56 Å². The summed E-state index contributed by atoms with van der Waals surface area (Å²) in [5, 5.41) is 2.76. The van der Waals surface area contributed by atoms with E-state index in [1.54, 1.807) is 31.4 Å². The molecule has 6 heteroatoms. The van der Waals surface area contributed by atoms with Crippen LogP contribution in [0.1, 0.15) is 52.1 Å². The Kier molecular flexibility index (Phi) is 6.42. The predicted octanol–water partition coefficient (Wildman–Crippen LogP) is 3.75. The molecule has 0 unspecified atom stereocenters. The van der Waals surface area contributed by atoms with Crippen molar-refractivity contribution in [1.82, 2.24) is 5.32 Å². The highest BCUT2D eigenvalue weighted by molar-refractivity contribution is 7.80. The normalized spacial score (nSPS) is 14.6. The number of hydrogen-bond donors (Lipinski definition) is 2. The molecule has 1 aliphatic rings. The van der Waals surface area contributed by atoms with Crippen LogP contribution in [-0.4, -0.2) is 42.3 Å². The minimum absolute atomic E-state index is 0.0301. The van der Waals surface area contributed by atoms with Crippen LogP contribution in [0.15, 0.2) is 47.5 Å². The highest BCUT2D eigenvalue weighted by atomic mass is 32.1. The summed E-state index contributed by atoms with van der Waals surface area (Å²) in [7, 11) is 1.63. The minimum atomic E-state index is -0.258. The van der Waals surface area contributed by atoms with Gasteiger partial charge in [-0.2, -0.15) is 12.6 Å². The third-order valence-electron chi connectivity index (χ3n) is 4.88. The Morgan fingerprint density at radius 1 is 1.14 bits per heavy atom. The summed E-state index contributed by atoms with van der Waals surface area (Å²) in [6.07, 6.45) is 1.02. The number of aliphatic imine (C=N–C) groups is 1. The average Bonchev–Trinajstić information content (AvgIpc) is 2.71. The second kappa shape index (κ2) is 8.82. The summed E-state index contributed by atoms with van der Waals surface area (Å²) in [5.74, 6) is 1.13. The van der Waals surface area contributed by atoms with Gasteiger partial charge in [0, 0.05) is 29.0 Å². The van der Waals surface area contributed by atoms with E-state index in [1.807, 2.05) is 18.2 Å². The first-order valence-corrected chi connectivity index (χ1v) is 10.2. The van der Waals surface area contributed by atoms with Crippen molar-refractivity contribution >= 4 is 30.0 Å². The third kappa shape index (κ3) is 5.07. The lowest BCUT2D eigenvalue weighted by molar-refractivity contribution is 0.0953. The van der Waals surface area contributed by atoms with Gasteiger partial charge in [-0.25, -0.2) is 0 Å². The molecule has 0 radical (unpaired) electrons. The molecule has 0 spiro atoms. The SMILES string of the molecule is COc1ccc2c(c1)C(CC(=O)c1ccc(C(=O)NCCS)cc1)=NC(C)(C)C2. The highest BCUT2D eigenvalue weighted by Gasteiger charge is 2.28. The number of methoxy groups -OCH3 is 1. The van der Waals surface area contributed by atoms with E-state index in [4.69, 9.17) is 9.73 Å². The molecule has 3 rings (SSSR count). The van der Waals surface area contributed by atoms with E-state index in [-0.39, 0.29) is 23.7 Å². The zero-order valence-corrected chi connectivity index (χ0v) is 17.9. The summed E-state index contributed by atoms with van der Waals surface area (Å²) in [6.45, 7) is 4.65. The van der Waals surface area contributed by atoms with Crippen molar-refractivity contribution in [2.45, 2.75) is 32.2 Å². The van der Waals surface area contributed by atoms with Crippen LogP contribution < -0.4 is 10.1 Å². The van der Waals surface area contributed by atoms with Crippen molar-refractivity contribution in [2.75, 3.05) is 19.4 Å². The van der Waals surface area contributed by atoms with Crippen LogP contribution in [0.5, 0.6) is 5.75 Å². The quantitative estimate of drug-likeness (QED) is 0.540. The Morgan fingerprint density at radius 3 is 2.48 bits per heavy atom. The molecule has 5 nitrogen and oxygen atoms in total. The Balaban J connectivity index is 1.81. The molecule has 1 aliphatic heterocycles. The first-order chi connectivity index (χ1) is 13.8. The second-order valence-electron chi connectivity index (χ2n) is 7.73. The molecule has 2 aromatic rings. The average molecular weight is 411 g/mol. The van der Waals surface area contributed by atoms with Gasteiger partial charge in [0.25, 0.3) is 5.91 Å². The number of fused-ring (bicyclic) bond motifs is 1. The zero-order chi connectivity index (χ0) is 21.0. The number of Topliss-reactive ketones (excluding diaryl/α,β-unsaturated/α-hetero) is 1. The standard InChI is InChI=1S/C23H26N2O3S/c1-23(2)14-17-8-9-18(28-3)12-19(17)20(25-23)13-21(26)15-4-6-16(7-5-15)22(27)24-10-11-29/h4-9,12,29H,10-11,13-14H2,1-3H3,(H,24,27). The number of carbonyl (C=O) groups is 2. The maximum Gasteiger partial charge on any atom is 0.251 e. The number of ketones is 1. The number of hydrogen-bond acceptors (Lipinski definition) is 5. The van der Waals surface area contributed by atoms with Gasteiger partial charge in [0.2, 0.25) is 0 Å². The summed E-state index contributed by atoms with van der Waals surface area (Å²) in [5.41, 5.74) is 3.74. The van der Waals surface area contributed by atoms with E-state index in [9.17, 15) is 9.59 Å². The van der Waals surface area contributed by atoms with Gasteiger partial charge >= 0.3 is 0 Å². The largest absolute Gasteiger partial charge is 0.497 e. The van der Waals surface area contributed by atoms with Crippen LogP contribution in [0.2, 0.25) is 0 Å². The number of carbonyl (C=O) groups excluding carboxylic acids is 2. The summed E-state index contributed by atoms with van der Waals surface area (Å²) in [6, 6.07) is 12.7. The van der Waals surface area contributed by atoms with Gasteiger partial charge in [-0.15, -0.1) is 0 Å². The van der Waals surface area contributed by atoms with Gasteiger partial charge in [-0.3, -0.25) is 14.6 Å². The van der Waals surface area contributed by atoms with Crippen molar-refractivity contribution in [2.24, 2.45) is 4.99 Å². The van der Waals surface area contributed by atoms with Gasteiger partial charge in [-0.1, -0.05) is 18.2 Å². The van der Waals surface area contributed by atoms with Crippen molar-refractivity contribution in [1.29, 1.82) is 0 Å². The van der Waals surface area contributed by atoms with Crippen molar-refractivity contribution in [3.63, 3.8) is 0 Å². The molecule has 1 amide bonds. The molecular weight excluding hydrogens is 384 g/mol. The first kappa shape index (κ1) is 21.1. The molecular formula is C23H26N2O3S. The zero-order valence-electron chi connectivity index (χ0n) is 17.0. The third-order valence-corrected chi connectivity index (χ3v) is 5.11. The molecule has 29 heavy (non-hydrogen) atoms. The maximum atomic E-state index is 12.9. The fourth-order valence-electron chi connectivity index (χ4n) is 3.50. The summed E-state index contributed by atoms with van der Waals surface area (Å²) in [4.78, 5) is 29.8. The van der Waals surface area contributed by atoms with E-state index < -0.39 is 0 Å². The molecule has 0 bridgehead atoms. The van der Waals surface area contributed by atoms with Crippen LogP contribution >= 0.6 is 12.6 Å². The van der Waals surface area contributed by atoms with E-state index in [2.05, 4.69) is 31.8 Å². The smallest absolute Gasteiger partial charge is 0.251 e. The van der Waals surface area contributed by atoms with Crippen LogP contribution in [0, 0.1) is 0 Å². The number of nitrogens with one attached hydrogen (secondary N) is 1. The van der Waals surface area contributed by atoms with E-state index in [0.29, 0.717) is 23.4 Å². The van der Waals surface area contributed by atoms with Crippen LogP contribution in [0.25, 0.3) is 0 Å².